The highest BCUT2D eigenvalue weighted by atomic mass is 32.1. The van der Waals surface area contributed by atoms with E-state index in [-0.39, 0.29) is 22.4 Å². The zero-order valence-electron chi connectivity index (χ0n) is 27.0. The summed E-state index contributed by atoms with van der Waals surface area (Å²) in [6.45, 7) is 14.9. The summed E-state index contributed by atoms with van der Waals surface area (Å²) in [7, 11) is 0. The number of ketones is 1. The third kappa shape index (κ3) is 4.90. The minimum Gasteiger partial charge on any atom is -0.871 e. The Hall–Kier alpha value is -3.70. The van der Waals surface area contributed by atoms with Crippen molar-refractivity contribution in [1.82, 2.24) is 0 Å². The average molecular weight is 605 g/mol. The fourth-order valence-corrected chi connectivity index (χ4v) is 7.93. The second-order valence-corrected chi connectivity index (χ2v) is 14.3. The molecule has 6 rings (SSSR count). The summed E-state index contributed by atoms with van der Waals surface area (Å²) in [5, 5.41) is 15.9. The molecule has 2 aromatic carbocycles. The molecular weight excluding hydrogens is 561 g/mol. The summed E-state index contributed by atoms with van der Waals surface area (Å²) in [6, 6.07) is 19.4. The standard InChI is InChI=1S/C39H44N2O2S/c1-7-9-10-13-21-41-32-19-18-26(33-17-14-22-44-33)23-30(32)39(5,6)35(41)25-28-36(42)27(37(28)43)24-34-38(3,4)29-15-11-12-16-31(29)40(34)20-8-2/h11-12,14-19,22-25H,7-10,13,20-21H2,1-6H3. The summed E-state index contributed by atoms with van der Waals surface area (Å²) in [5.41, 5.74) is 8.08. The lowest BCUT2D eigenvalue weighted by Gasteiger charge is -2.33. The highest BCUT2D eigenvalue weighted by Crippen LogP contribution is 2.50. The number of Topliss-reactive ketones (excluding diaryl/α,β-unsaturated/α-hetero) is 1. The van der Waals surface area contributed by atoms with E-state index in [9.17, 15) is 9.90 Å². The molecule has 0 spiro atoms. The molecular formula is C39H44N2O2S. The van der Waals surface area contributed by atoms with Crippen LogP contribution in [0.25, 0.3) is 10.4 Å². The van der Waals surface area contributed by atoms with Crippen LogP contribution in [0.2, 0.25) is 0 Å². The number of allylic oxidation sites excluding steroid dienone is 5. The lowest BCUT2D eigenvalue weighted by molar-refractivity contribution is -0.437. The van der Waals surface area contributed by atoms with E-state index in [2.05, 4.69) is 111 Å². The largest absolute Gasteiger partial charge is 0.871 e. The molecule has 44 heavy (non-hydrogen) atoms. The molecule has 0 radical (unpaired) electrons. The Morgan fingerprint density at radius 1 is 0.886 bits per heavy atom. The number of anilines is 1. The average Bonchev–Trinajstić information content (AvgIpc) is 3.68. The van der Waals surface area contributed by atoms with Crippen LogP contribution in [-0.2, 0) is 15.6 Å². The summed E-state index contributed by atoms with van der Waals surface area (Å²) in [4.78, 5) is 17.4. The smallest absolute Gasteiger partial charge is 0.209 e. The first kappa shape index (κ1) is 30.3. The summed E-state index contributed by atoms with van der Waals surface area (Å²) < 4.78 is 2.29. The van der Waals surface area contributed by atoms with Gasteiger partial charge in [0.15, 0.2) is 11.5 Å². The number of carbonyl (C=O) groups is 1. The number of unbranched alkanes of at least 4 members (excludes halogenated alkanes) is 3. The maximum atomic E-state index is 13.8. The second kappa shape index (κ2) is 11.7. The number of thiophene rings is 1. The molecule has 1 aliphatic carbocycles. The van der Waals surface area contributed by atoms with Gasteiger partial charge in [0.2, 0.25) is 5.69 Å². The molecule has 0 bridgehead atoms. The van der Waals surface area contributed by atoms with Crippen molar-refractivity contribution < 1.29 is 14.5 Å². The molecule has 3 aliphatic rings. The maximum absolute atomic E-state index is 13.8. The number of benzene rings is 2. The zero-order chi connectivity index (χ0) is 31.2. The van der Waals surface area contributed by atoms with Gasteiger partial charge in [-0.25, -0.2) is 0 Å². The van der Waals surface area contributed by atoms with Crippen LogP contribution in [0.1, 0.15) is 84.8 Å². The van der Waals surface area contributed by atoms with Gasteiger partial charge in [-0.2, -0.15) is 4.58 Å². The minimum atomic E-state index is -0.345. The van der Waals surface area contributed by atoms with Crippen molar-refractivity contribution in [2.24, 2.45) is 0 Å². The highest BCUT2D eigenvalue weighted by Gasteiger charge is 2.46. The van der Waals surface area contributed by atoms with Gasteiger partial charge in [0.05, 0.1) is 5.41 Å². The molecule has 0 N–H and O–H groups in total. The number of nitrogens with zero attached hydrogens (tertiary/aromatic N) is 2. The fraction of sp³-hybridized carbons (Fsp3) is 0.385. The van der Waals surface area contributed by atoms with Crippen molar-refractivity contribution in [3.05, 3.63) is 106 Å². The molecule has 3 heterocycles. The van der Waals surface area contributed by atoms with Crippen molar-refractivity contribution >= 4 is 34.2 Å². The van der Waals surface area contributed by atoms with Gasteiger partial charge in [-0.05, 0) is 61.1 Å². The number of hydrogen-bond donors (Lipinski definition) is 0. The Bertz CT molecular complexity index is 1730. The summed E-state index contributed by atoms with van der Waals surface area (Å²) in [6.07, 6.45) is 9.38. The van der Waals surface area contributed by atoms with Crippen molar-refractivity contribution in [1.29, 1.82) is 0 Å². The predicted molar refractivity (Wildman–Crippen MR) is 182 cm³/mol. The molecule has 1 aromatic heterocycles. The van der Waals surface area contributed by atoms with E-state index in [1.54, 1.807) is 11.3 Å². The van der Waals surface area contributed by atoms with Gasteiger partial charge in [0.1, 0.15) is 6.54 Å². The Morgan fingerprint density at radius 3 is 2.39 bits per heavy atom. The van der Waals surface area contributed by atoms with Crippen molar-refractivity contribution in [3.63, 3.8) is 0 Å². The van der Waals surface area contributed by atoms with Crippen LogP contribution >= 0.6 is 11.3 Å². The van der Waals surface area contributed by atoms with Gasteiger partial charge in [0.25, 0.3) is 0 Å². The van der Waals surface area contributed by atoms with Gasteiger partial charge in [-0.3, -0.25) is 4.79 Å². The lowest BCUT2D eigenvalue weighted by Crippen LogP contribution is -2.35. The van der Waals surface area contributed by atoms with Crippen LogP contribution in [0.15, 0.2) is 94.7 Å². The van der Waals surface area contributed by atoms with Crippen LogP contribution in [0.4, 0.5) is 11.4 Å². The molecule has 0 atom stereocenters. The lowest BCUT2D eigenvalue weighted by atomic mass is 9.77. The molecule has 5 heteroatoms. The number of carbonyl (C=O) groups excluding carboxylic acids is 1. The van der Waals surface area contributed by atoms with Gasteiger partial charge in [0, 0.05) is 63.5 Å². The fourth-order valence-electron chi connectivity index (χ4n) is 7.20. The molecule has 0 saturated carbocycles. The first-order valence-corrected chi connectivity index (χ1v) is 17.1. The number of fused-ring (bicyclic) bond motifs is 2. The zero-order valence-corrected chi connectivity index (χ0v) is 27.8. The normalized spacial score (nSPS) is 20.1. The summed E-state index contributed by atoms with van der Waals surface area (Å²) in [5.74, 6) is -0.287. The maximum Gasteiger partial charge on any atom is 0.209 e. The van der Waals surface area contributed by atoms with Gasteiger partial charge < -0.3 is 10.0 Å². The molecule has 0 amide bonds. The number of para-hydroxylation sites is 1. The van der Waals surface area contributed by atoms with Crippen LogP contribution < -0.4 is 10.0 Å². The molecule has 2 aliphatic heterocycles. The monoisotopic (exact) mass is 604 g/mol. The minimum absolute atomic E-state index is 0.143. The topological polar surface area (TPSA) is 46.4 Å². The highest BCUT2D eigenvalue weighted by molar-refractivity contribution is 7.13. The Balaban J connectivity index is 1.40. The number of hydrogen-bond acceptors (Lipinski definition) is 4. The first-order chi connectivity index (χ1) is 21.1. The first-order valence-electron chi connectivity index (χ1n) is 16.2. The second-order valence-electron chi connectivity index (χ2n) is 13.4. The van der Waals surface area contributed by atoms with Crippen LogP contribution in [0.3, 0.4) is 0 Å². The Morgan fingerprint density at radius 2 is 1.68 bits per heavy atom. The van der Waals surface area contributed by atoms with E-state index in [1.807, 2.05) is 12.2 Å². The van der Waals surface area contributed by atoms with E-state index in [1.165, 1.54) is 45.8 Å². The van der Waals surface area contributed by atoms with Crippen LogP contribution in [0, 0.1) is 0 Å². The molecule has 228 valence electrons. The summed E-state index contributed by atoms with van der Waals surface area (Å²) >= 11 is 1.75. The van der Waals surface area contributed by atoms with Gasteiger partial charge in [-0.1, -0.05) is 83.0 Å². The van der Waals surface area contributed by atoms with Crippen LogP contribution in [-0.4, -0.2) is 29.2 Å². The van der Waals surface area contributed by atoms with E-state index in [0.29, 0.717) is 11.1 Å². The predicted octanol–water partition coefficient (Wildman–Crippen LogP) is 8.59. The van der Waals surface area contributed by atoms with Crippen LogP contribution in [0.5, 0.6) is 0 Å². The van der Waals surface area contributed by atoms with Crippen molar-refractivity contribution in [3.8, 4) is 10.4 Å². The van der Waals surface area contributed by atoms with Gasteiger partial charge >= 0.3 is 0 Å². The molecule has 0 saturated heterocycles. The van der Waals surface area contributed by atoms with Crippen molar-refractivity contribution in [2.75, 3.05) is 18.0 Å². The third-order valence-electron chi connectivity index (χ3n) is 9.72. The van der Waals surface area contributed by atoms with E-state index in [0.717, 1.165) is 43.8 Å². The molecule has 4 nitrogen and oxygen atoms in total. The molecule has 0 unspecified atom stereocenters. The molecule has 0 fully saturated rings. The number of rotatable bonds is 10. The van der Waals surface area contributed by atoms with E-state index in [4.69, 9.17) is 0 Å². The van der Waals surface area contributed by atoms with Crippen molar-refractivity contribution in [2.45, 2.75) is 84.5 Å². The van der Waals surface area contributed by atoms with E-state index >= 15 is 0 Å². The van der Waals surface area contributed by atoms with Gasteiger partial charge in [-0.15, -0.1) is 11.3 Å². The quantitative estimate of drug-likeness (QED) is 0.132. The Kier molecular flexibility index (Phi) is 8.04. The third-order valence-corrected chi connectivity index (χ3v) is 10.6. The molecule has 3 aromatic rings. The SMILES string of the molecule is CCCCCCN1C(=CC2=C([O-])C(=CC3=[N+](CCC)c4ccccc4C3(C)C)C2=O)C(C)(C)c2cc(-c3cccs3)ccc21. The van der Waals surface area contributed by atoms with E-state index < -0.39 is 0 Å². The Labute approximate surface area is 266 Å².